The van der Waals surface area contributed by atoms with Crippen molar-refractivity contribution < 1.29 is 5.11 Å². The first-order valence-electron chi connectivity index (χ1n) is 4.97. The zero-order valence-corrected chi connectivity index (χ0v) is 7.71. The molecule has 1 aliphatic carbocycles. The highest BCUT2D eigenvalue weighted by Gasteiger charge is 2.29. The lowest BCUT2D eigenvalue weighted by atomic mass is 9.75. The van der Waals surface area contributed by atoms with E-state index in [4.69, 9.17) is 0 Å². The number of aliphatic hydroxyl groups is 1. The molecule has 0 aromatic rings. The maximum atomic E-state index is 9.83. The van der Waals surface area contributed by atoms with E-state index >= 15 is 0 Å². The smallest absolute Gasteiger partial charge is 0.0596 e. The molecule has 0 saturated heterocycles. The SMILES string of the molecule is CCC(CC)C(O)C1CCC1. The van der Waals surface area contributed by atoms with Crippen LogP contribution in [0.5, 0.6) is 0 Å². The summed E-state index contributed by atoms with van der Waals surface area (Å²) in [5.41, 5.74) is 0. The normalized spacial score (nSPS) is 21.8. The first kappa shape index (κ1) is 9.05. The lowest BCUT2D eigenvalue weighted by Crippen LogP contribution is -2.32. The second-order valence-electron chi connectivity index (χ2n) is 3.76. The summed E-state index contributed by atoms with van der Waals surface area (Å²) in [5.74, 6) is 1.19. The van der Waals surface area contributed by atoms with Crippen LogP contribution in [0.15, 0.2) is 0 Å². The maximum Gasteiger partial charge on any atom is 0.0596 e. The third-order valence-corrected chi connectivity index (χ3v) is 3.16. The molecule has 0 amide bonds. The molecule has 1 unspecified atom stereocenters. The molecule has 1 heteroatoms. The van der Waals surface area contributed by atoms with Gasteiger partial charge in [0.2, 0.25) is 0 Å². The van der Waals surface area contributed by atoms with E-state index in [2.05, 4.69) is 13.8 Å². The van der Waals surface area contributed by atoms with Crippen molar-refractivity contribution in [2.24, 2.45) is 11.8 Å². The van der Waals surface area contributed by atoms with Crippen LogP contribution < -0.4 is 0 Å². The topological polar surface area (TPSA) is 20.2 Å². The number of aliphatic hydroxyl groups excluding tert-OH is 1. The molecule has 0 aliphatic heterocycles. The van der Waals surface area contributed by atoms with Gasteiger partial charge in [-0.15, -0.1) is 0 Å². The number of rotatable bonds is 4. The predicted molar refractivity (Wildman–Crippen MR) is 47.4 cm³/mol. The van der Waals surface area contributed by atoms with Crippen molar-refractivity contribution in [1.82, 2.24) is 0 Å². The van der Waals surface area contributed by atoms with Gasteiger partial charge in [-0.25, -0.2) is 0 Å². The molecule has 0 spiro atoms. The van der Waals surface area contributed by atoms with E-state index in [0.29, 0.717) is 11.8 Å². The van der Waals surface area contributed by atoms with Crippen LogP contribution in [0, 0.1) is 11.8 Å². The quantitative estimate of drug-likeness (QED) is 0.663. The van der Waals surface area contributed by atoms with Crippen LogP contribution >= 0.6 is 0 Å². The van der Waals surface area contributed by atoms with Crippen molar-refractivity contribution >= 4 is 0 Å². The molecule has 1 N–H and O–H groups in total. The third kappa shape index (κ3) is 1.96. The van der Waals surface area contributed by atoms with Crippen molar-refractivity contribution in [3.8, 4) is 0 Å². The monoisotopic (exact) mass is 156 g/mol. The summed E-state index contributed by atoms with van der Waals surface area (Å²) in [7, 11) is 0. The number of hydrogen-bond acceptors (Lipinski definition) is 1. The third-order valence-electron chi connectivity index (χ3n) is 3.16. The van der Waals surface area contributed by atoms with Gasteiger partial charge in [-0.1, -0.05) is 33.1 Å². The molecule has 1 atom stereocenters. The minimum absolute atomic E-state index is 0.00116. The summed E-state index contributed by atoms with van der Waals surface area (Å²) in [4.78, 5) is 0. The van der Waals surface area contributed by atoms with E-state index in [1.165, 1.54) is 19.3 Å². The summed E-state index contributed by atoms with van der Waals surface area (Å²) in [6, 6.07) is 0. The molecule has 0 aromatic heterocycles. The lowest BCUT2D eigenvalue weighted by molar-refractivity contribution is 0.0120. The van der Waals surface area contributed by atoms with Gasteiger partial charge in [0.05, 0.1) is 6.10 Å². The zero-order chi connectivity index (χ0) is 8.27. The summed E-state index contributed by atoms with van der Waals surface area (Å²) in [5, 5.41) is 9.83. The highest BCUT2D eigenvalue weighted by molar-refractivity contribution is 4.80. The Morgan fingerprint density at radius 2 is 1.82 bits per heavy atom. The summed E-state index contributed by atoms with van der Waals surface area (Å²) in [6.07, 6.45) is 6.12. The Hall–Kier alpha value is -0.0400. The van der Waals surface area contributed by atoms with E-state index < -0.39 is 0 Å². The van der Waals surface area contributed by atoms with E-state index in [1.807, 2.05) is 0 Å². The van der Waals surface area contributed by atoms with E-state index in [0.717, 1.165) is 12.8 Å². The molecular formula is C10H20O. The highest BCUT2D eigenvalue weighted by Crippen LogP contribution is 2.34. The summed E-state index contributed by atoms with van der Waals surface area (Å²) >= 11 is 0. The summed E-state index contributed by atoms with van der Waals surface area (Å²) < 4.78 is 0. The molecule has 0 aromatic carbocycles. The molecule has 1 aliphatic rings. The molecular weight excluding hydrogens is 136 g/mol. The lowest BCUT2D eigenvalue weighted by Gasteiger charge is -2.34. The first-order chi connectivity index (χ1) is 5.29. The van der Waals surface area contributed by atoms with E-state index in [1.54, 1.807) is 0 Å². The Bertz CT molecular complexity index is 103. The Morgan fingerprint density at radius 3 is 2.09 bits per heavy atom. The van der Waals surface area contributed by atoms with Gasteiger partial charge >= 0.3 is 0 Å². The molecule has 11 heavy (non-hydrogen) atoms. The molecule has 0 heterocycles. The van der Waals surface area contributed by atoms with E-state index in [9.17, 15) is 5.11 Å². The zero-order valence-electron chi connectivity index (χ0n) is 7.71. The maximum absolute atomic E-state index is 9.83. The first-order valence-corrected chi connectivity index (χ1v) is 4.97. The van der Waals surface area contributed by atoms with E-state index in [-0.39, 0.29) is 6.10 Å². The Kier molecular flexibility index (Phi) is 3.38. The largest absolute Gasteiger partial charge is 0.393 e. The van der Waals surface area contributed by atoms with Crippen molar-refractivity contribution in [3.63, 3.8) is 0 Å². The molecule has 0 radical (unpaired) electrons. The fourth-order valence-corrected chi connectivity index (χ4v) is 1.94. The van der Waals surface area contributed by atoms with Crippen LogP contribution in [0.4, 0.5) is 0 Å². The standard InChI is InChI=1S/C10H20O/c1-3-8(4-2)10(11)9-6-5-7-9/h8-11H,3-7H2,1-2H3. The predicted octanol–water partition coefficient (Wildman–Crippen LogP) is 2.58. The molecule has 1 rings (SSSR count). The second-order valence-corrected chi connectivity index (χ2v) is 3.76. The fourth-order valence-electron chi connectivity index (χ4n) is 1.94. The van der Waals surface area contributed by atoms with Gasteiger partial charge in [-0.3, -0.25) is 0 Å². The van der Waals surface area contributed by atoms with Crippen LogP contribution in [0.25, 0.3) is 0 Å². The summed E-state index contributed by atoms with van der Waals surface area (Å²) in [6.45, 7) is 4.35. The molecule has 66 valence electrons. The molecule has 1 fully saturated rings. The van der Waals surface area contributed by atoms with Gasteiger partial charge < -0.3 is 5.11 Å². The van der Waals surface area contributed by atoms with Crippen molar-refractivity contribution in [3.05, 3.63) is 0 Å². The van der Waals surface area contributed by atoms with Crippen LogP contribution in [0.3, 0.4) is 0 Å². The molecule has 1 saturated carbocycles. The van der Waals surface area contributed by atoms with Crippen LogP contribution in [-0.4, -0.2) is 11.2 Å². The van der Waals surface area contributed by atoms with Gasteiger partial charge in [0.25, 0.3) is 0 Å². The van der Waals surface area contributed by atoms with Gasteiger partial charge in [-0.05, 0) is 24.7 Å². The van der Waals surface area contributed by atoms with Crippen molar-refractivity contribution in [2.45, 2.75) is 52.1 Å². The Balaban J connectivity index is 2.30. The van der Waals surface area contributed by atoms with Gasteiger partial charge in [0.15, 0.2) is 0 Å². The van der Waals surface area contributed by atoms with Crippen molar-refractivity contribution in [1.29, 1.82) is 0 Å². The highest BCUT2D eigenvalue weighted by atomic mass is 16.3. The second kappa shape index (κ2) is 4.10. The Labute approximate surface area is 69.8 Å². The van der Waals surface area contributed by atoms with Gasteiger partial charge in [-0.2, -0.15) is 0 Å². The molecule has 1 nitrogen and oxygen atoms in total. The van der Waals surface area contributed by atoms with Gasteiger partial charge in [0, 0.05) is 0 Å². The van der Waals surface area contributed by atoms with Gasteiger partial charge in [0.1, 0.15) is 0 Å². The number of hydrogen-bond donors (Lipinski definition) is 1. The fraction of sp³-hybridized carbons (Fsp3) is 1.00. The minimum atomic E-state index is -0.00116. The molecule has 0 bridgehead atoms. The van der Waals surface area contributed by atoms with Crippen molar-refractivity contribution in [2.75, 3.05) is 0 Å². The Morgan fingerprint density at radius 1 is 1.27 bits per heavy atom. The average molecular weight is 156 g/mol. The van der Waals surface area contributed by atoms with Crippen LogP contribution in [0.1, 0.15) is 46.0 Å². The average Bonchev–Trinajstić information content (AvgIpc) is 1.86. The minimum Gasteiger partial charge on any atom is -0.393 e. The van der Waals surface area contributed by atoms with Crippen LogP contribution in [-0.2, 0) is 0 Å². The van der Waals surface area contributed by atoms with Crippen LogP contribution in [0.2, 0.25) is 0 Å².